The minimum Gasteiger partial charge on any atom is -0.376 e. The van der Waals surface area contributed by atoms with E-state index in [4.69, 9.17) is 4.74 Å². The predicted molar refractivity (Wildman–Crippen MR) is 84.8 cm³/mol. The Morgan fingerprint density at radius 1 is 1.43 bits per heavy atom. The molecule has 1 saturated heterocycles. The van der Waals surface area contributed by atoms with Crippen molar-refractivity contribution in [3.8, 4) is 0 Å². The lowest BCUT2D eigenvalue weighted by Gasteiger charge is -2.25. The fraction of sp³-hybridized carbons (Fsp3) is 0.688. The Hall–Kier alpha value is -1.89. The third-order valence-corrected chi connectivity index (χ3v) is 3.83. The number of unbranched alkanes of at least 4 members (excludes halogenated alkanes) is 2. The highest BCUT2D eigenvalue weighted by Gasteiger charge is 2.24. The zero-order valence-electron chi connectivity index (χ0n) is 13.6. The summed E-state index contributed by atoms with van der Waals surface area (Å²) in [7, 11) is 0. The zero-order valence-corrected chi connectivity index (χ0v) is 13.6. The van der Waals surface area contributed by atoms with E-state index in [0.29, 0.717) is 18.8 Å². The first-order valence-electron chi connectivity index (χ1n) is 8.28. The average Bonchev–Trinajstić information content (AvgIpc) is 3.20. The largest absolute Gasteiger partial charge is 0.376 e. The Morgan fingerprint density at radius 2 is 2.30 bits per heavy atom. The average molecular weight is 323 g/mol. The molecular weight excluding hydrogens is 298 g/mol. The van der Waals surface area contributed by atoms with Crippen LogP contribution in [0.3, 0.4) is 0 Å². The molecule has 1 N–H and O–H groups in total. The van der Waals surface area contributed by atoms with E-state index in [9.17, 15) is 9.59 Å². The van der Waals surface area contributed by atoms with Crippen molar-refractivity contribution in [2.75, 3.05) is 25.0 Å². The summed E-state index contributed by atoms with van der Waals surface area (Å²) in [5.41, 5.74) is 0. The fourth-order valence-corrected chi connectivity index (χ4v) is 2.61. The monoisotopic (exact) mass is 323 g/mol. The lowest BCUT2D eigenvalue weighted by atomic mass is 10.1. The van der Waals surface area contributed by atoms with E-state index in [-0.39, 0.29) is 24.5 Å². The van der Waals surface area contributed by atoms with Crippen LogP contribution in [0, 0.1) is 0 Å². The fourth-order valence-electron chi connectivity index (χ4n) is 2.61. The van der Waals surface area contributed by atoms with E-state index in [2.05, 4.69) is 21.9 Å². The summed E-state index contributed by atoms with van der Waals surface area (Å²) in [6, 6.07) is 1.56. The highest BCUT2D eigenvalue weighted by atomic mass is 16.5. The normalized spacial score (nSPS) is 17.2. The first-order chi connectivity index (χ1) is 11.2. The summed E-state index contributed by atoms with van der Waals surface area (Å²) in [6.07, 6.45) is 6.76. The van der Waals surface area contributed by atoms with Gasteiger partial charge in [-0.05, 0) is 19.3 Å². The number of ether oxygens (including phenoxy) is 1. The van der Waals surface area contributed by atoms with Gasteiger partial charge in [0, 0.05) is 25.6 Å². The lowest BCUT2D eigenvalue weighted by Crippen LogP contribution is -2.42. The van der Waals surface area contributed by atoms with Crippen LogP contribution in [0.25, 0.3) is 0 Å². The number of carbonyl (C=O) groups is 2. The van der Waals surface area contributed by atoms with Crippen molar-refractivity contribution in [2.45, 2.75) is 51.6 Å². The van der Waals surface area contributed by atoms with Crippen LogP contribution < -0.4 is 5.32 Å². The van der Waals surface area contributed by atoms with Crippen LogP contribution in [-0.4, -0.2) is 47.7 Å². The molecule has 2 heterocycles. The van der Waals surface area contributed by atoms with Crippen molar-refractivity contribution in [2.24, 2.45) is 0 Å². The van der Waals surface area contributed by atoms with Crippen LogP contribution >= 0.6 is 0 Å². The van der Waals surface area contributed by atoms with Crippen molar-refractivity contribution in [1.29, 1.82) is 0 Å². The maximum absolute atomic E-state index is 12.4. The van der Waals surface area contributed by atoms with E-state index in [0.717, 1.165) is 38.7 Å². The second-order valence-corrected chi connectivity index (χ2v) is 5.80. The maximum atomic E-state index is 12.4. The van der Waals surface area contributed by atoms with Crippen LogP contribution in [0.15, 0.2) is 16.9 Å². The molecule has 2 rings (SSSR count). The van der Waals surface area contributed by atoms with E-state index >= 15 is 0 Å². The Labute approximate surface area is 136 Å². The summed E-state index contributed by atoms with van der Waals surface area (Å²) in [4.78, 5) is 26.1. The Morgan fingerprint density at radius 3 is 2.96 bits per heavy atom. The molecule has 1 atom stereocenters. The van der Waals surface area contributed by atoms with Crippen molar-refractivity contribution < 1.29 is 18.8 Å². The van der Waals surface area contributed by atoms with Gasteiger partial charge in [-0.3, -0.25) is 9.59 Å². The molecule has 2 amide bonds. The van der Waals surface area contributed by atoms with Gasteiger partial charge in [-0.2, -0.15) is 0 Å². The molecule has 0 saturated carbocycles. The van der Waals surface area contributed by atoms with E-state index in [1.54, 1.807) is 11.0 Å². The molecule has 0 spiro atoms. The molecule has 1 fully saturated rings. The van der Waals surface area contributed by atoms with Crippen LogP contribution in [-0.2, 0) is 14.3 Å². The zero-order chi connectivity index (χ0) is 16.5. The standard InChI is InChI=1S/C16H25N3O4/c1-2-3-4-7-16(21)19(11-13-6-5-9-22-13)12-15(20)17-14-8-10-23-18-14/h8,10,13H,2-7,9,11-12H2,1H3,(H,17,18,20)/t13-/m1/s1. The molecule has 0 unspecified atom stereocenters. The van der Waals surface area contributed by atoms with Gasteiger partial charge in [0.2, 0.25) is 11.8 Å². The summed E-state index contributed by atoms with van der Waals surface area (Å²) in [5, 5.41) is 6.26. The second-order valence-electron chi connectivity index (χ2n) is 5.80. The van der Waals surface area contributed by atoms with Gasteiger partial charge in [-0.15, -0.1) is 0 Å². The number of hydrogen-bond acceptors (Lipinski definition) is 5. The van der Waals surface area contributed by atoms with Gasteiger partial charge in [-0.25, -0.2) is 0 Å². The first kappa shape index (κ1) is 17.5. The third-order valence-electron chi connectivity index (χ3n) is 3.83. The van der Waals surface area contributed by atoms with Crippen molar-refractivity contribution in [3.05, 3.63) is 12.3 Å². The number of nitrogens with one attached hydrogen (secondary N) is 1. The summed E-state index contributed by atoms with van der Waals surface area (Å²) < 4.78 is 10.3. The minimum absolute atomic E-state index is 0.00394. The van der Waals surface area contributed by atoms with E-state index in [1.807, 2.05) is 0 Å². The number of carbonyl (C=O) groups excluding carboxylic acids is 2. The van der Waals surface area contributed by atoms with Gasteiger partial charge >= 0.3 is 0 Å². The highest BCUT2D eigenvalue weighted by molar-refractivity contribution is 5.93. The summed E-state index contributed by atoms with van der Waals surface area (Å²) >= 11 is 0. The molecule has 0 bridgehead atoms. The minimum atomic E-state index is -0.277. The number of anilines is 1. The van der Waals surface area contributed by atoms with E-state index in [1.165, 1.54) is 6.26 Å². The molecule has 7 heteroatoms. The summed E-state index contributed by atoms with van der Waals surface area (Å²) in [6.45, 7) is 3.31. The third kappa shape index (κ3) is 6.02. The molecule has 23 heavy (non-hydrogen) atoms. The molecular formula is C16H25N3O4. The van der Waals surface area contributed by atoms with Gasteiger partial charge in [0.15, 0.2) is 5.82 Å². The first-order valence-corrected chi connectivity index (χ1v) is 8.28. The predicted octanol–water partition coefficient (Wildman–Crippen LogP) is 2.20. The van der Waals surface area contributed by atoms with Gasteiger partial charge in [0.05, 0.1) is 12.6 Å². The van der Waals surface area contributed by atoms with E-state index < -0.39 is 0 Å². The van der Waals surface area contributed by atoms with Crippen molar-refractivity contribution >= 4 is 17.6 Å². The molecule has 1 aliphatic heterocycles. The molecule has 0 aromatic carbocycles. The smallest absolute Gasteiger partial charge is 0.245 e. The van der Waals surface area contributed by atoms with Crippen LogP contribution in [0.1, 0.15) is 45.4 Å². The topological polar surface area (TPSA) is 84.7 Å². The van der Waals surface area contributed by atoms with Gasteiger partial charge in [0.1, 0.15) is 6.26 Å². The van der Waals surface area contributed by atoms with Crippen molar-refractivity contribution in [3.63, 3.8) is 0 Å². The number of aromatic nitrogens is 1. The molecule has 0 radical (unpaired) electrons. The summed E-state index contributed by atoms with van der Waals surface area (Å²) in [5.74, 6) is 0.0792. The molecule has 1 aliphatic rings. The molecule has 1 aromatic rings. The SMILES string of the molecule is CCCCCC(=O)N(CC(=O)Nc1ccon1)C[C@H]1CCCO1. The Kier molecular flexibility index (Phi) is 7.06. The molecule has 1 aromatic heterocycles. The van der Waals surface area contributed by atoms with Crippen molar-refractivity contribution in [1.82, 2.24) is 10.1 Å². The van der Waals surface area contributed by atoms with Crippen LogP contribution in [0.4, 0.5) is 5.82 Å². The number of hydrogen-bond donors (Lipinski definition) is 1. The van der Waals surface area contributed by atoms with Gasteiger partial charge in [0.25, 0.3) is 0 Å². The van der Waals surface area contributed by atoms with Crippen LogP contribution in [0.2, 0.25) is 0 Å². The second kappa shape index (κ2) is 9.29. The molecule has 7 nitrogen and oxygen atoms in total. The number of amides is 2. The Balaban J connectivity index is 1.88. The van der Waals surface area contributed by atoms with Gasteiger partial charge in [-0.1, -0.05) is 24.9 Å². The lowest BCUT2D eigenvalue weighted by molar-refractivity contribution is -0.136. The number of rotatable bonds is 9. The highest BCUT2D eigenvalue weighted by Crippen LogP contribution is 2.15. The Bertz CT molecular complexity index is 484. The van der Waals surface area contributed by atoms with Crippen LogP contribution in [0.5, 0.6) is 0 Å². The van der Waals surface area contributed by atoms with Gasteiger partial charge < -0.3 is 19.5 Å². The number of nitrogens with zero attached hydrogens (tertiary/aromatic N) is 2. The maximum Gasteiger partial charge on any atom is 0.245 e. The quantitative estimate of drug-likeness (QED) is 0.704. The molecule has 128 valence electrons. The molecule has 0 aliphatic carbocycles.